The standard InChI is InChI=1S/C20H29NO2/c1-12-18(22-2)5-4-15(20(12)23-3)11-21-19-16-7-13-6-14(9-16)10-17(19)8-13/h4-5,13-14,16-17,19,21H,6-11H2,1-3H3. The van der Waals surface area contributed by atoms with Crippen molar-refractivity contribution in [2.75, 3.05) is 14.2 Å². The maximum atomic E-state index is 5.66. The van der Waals surface area contributed by atoms with Crippen LogP contribution in [0.3, 0.4) is 0 Å². The minimum absolute atomic E-state index is 0.718. The Bertz CT molecular complexity index is 555. The molecule has 4 saturated carbocycles. The molecule has 23 heavy (non-hydrogen) atoms. The van der Waals surface area contributed by atoms with E-state index >= 15 is 0 Å². The van der Waals surface area contributed by atoms with Crippen LogP contribution in [-0.4, -0.2) is 20.3 Å². The lowest BCUT2D eigenvalue weighted by Crippen LogP contribution is -2.54. The van der Waals surface area contributed by atoms with Gasteiger partial charge in [-0.15, -0.1) is 0 Å². The molecule has 4 aliphatic carbocycles. The average molecular weight is 315 g/mol. The third kappa shape index (κ3) is 2.63. The van der Waals surface area contributed by atoms with Crippen molar-refractivity contribution in [1.29, 1.82) is 0 Å². The van der Waals surface area contributed by atoms with E-state index in [0.717, 1.165) is 53.3 Å². The Kier molecular flexibility index (Phi) is 4.00. The van der Waals surface area contributed by atoms with Crippen LogP contribution in [0.1, 0.15) is 43.2 Å². The fourth-order valence-corrected chi connectivity index (χ4v) is 5.86. The van der Waals surface area contributed by atoms with Crippen LogP contribution in [0.5, 0.6) is 11.5 Å². The molecule has 0 spiro atoms. The Balaban J connectivity index is 1.48. The van der Waals surface area contributed by atoms with Gasteiger partial charge in [-0.05, 0) is 68.8 Å². The lowest BCUT2D eigenvalue weighted by atomic mass is 9.54. The molecule has 3 nitrogen and oxygen atoms in total. The Labute approximate surface area is 139 Å². The average Bonchev–Trinajstić information content (AvgIpc) is 2.54. The van der Waals surface area contributed by atoms with Crippen molar-refractivity contribution in [2.45, 2.75) is 51.6 Å². The number of hydrogen-bond donors (Lipinski definition) is 1. The van der Waals surface area contributed by atoms with Crippen molar-refractivity contribution in [2.24, 2.45) is 23.7 Å². The van der Waals surface area contributed by atoms with Crippen LogP contribution in [-0.2, 0) is 6.54 Å². The molecule has 0 aliphatic heterocycles. The van der Waals surface area contributed by atoms with Gasteiger partial charge in [0, 0.05) is 23.7 Å². The predicted octanol–water partition coefficient (Wildman–Crippen LogP) is 3.93. The fraction of sp³-hybridized carbons (Fsp3) is 0.700. The minimum atomic E-state index is 0.718. The number of nitrogens with one attached hydrogen (secondary N) is 1. The summed E-state index contributed by atoms with van der Waals surface area (Å²) in [5.41, 5.74) is 2.35. The molecule has 0 radical (unpaired) electrons. The maximum absolute atomic E-state index is 5.66. The normalized spacial score (nSPS) is 34.7. The quantitative estimate of drug-likeness (QED) is 0.893. The van der Waals surface area contributed by atoms with Crippen molar-refractivity contribution in [3.8, 4) is 11.5 Å². The van der Waals surface area contributed by atoms with Crippen LogP contribution >= 0.6 is 0 Å². The third-order valence-electron chi connectivity index (χ3n) is 6.62. The first kappa shape index (κ1) is 15.3. The molecular formula is C20H29NO2. The predicted molar refractivity (Wildman–Crippen MR) is 92.0 cm³/mol. The van der Waals surface area contributed by atoms with Gasteiger partial charge in [0.25, 0.3) is 0 Å². The molecule has 5 rings (SSSR count). The SMILES string of the molecule is COc1ccc(CNC2C3CC4CC(C3)CC2C4)c(OC)c1C. The molecule has 0 saturated heterocycles. The van der Waals surface area contributed by atoms with Gasteiger partial charge in [-0.3, -0.25) is 0 Å². The van der Waals surface area contributed by atoms with Crippen LogP contribution in [0.15, 0.2) is 12.1 Å². The van der Waals surface area contributed by atoms with E-state index in [9.17, 15) is 0 Å². The number of rotatable bonds is 5. The summed E-state index contributed by atoms with van der Waals surface area (Å²) in [7, 11) is 3.47. The summed E-state index contributed by atoms with van der Waals surface area (Å²) in [6, 6.07) is 4.93. The second-order valence-electron chi connectivity index (χ2n) is 7.92. The molecule has 4 aliphatic rings. The summed E-state index contributed by atoms with van der Waals surface area (Å²) in [5, 5.41) is 3.90. The number of methoxy groups -OCH3 is 2. The van der Waals surface area contributed by atoms with Gasteiger partial charge in [-0.2, -0.15) is 0 Å². The molecule has 0 atom stereocenters. The first-order valence-electron chi connectivity index (χ1n) is 9.13. The highest BCUT2D eigenvalue weighted by atomic mass is 16.5. The fourth-order valence-electron chi connectivity index (χ4n) is 5.86. The number of hydrogen-bond acceptors (Lipinski definition) is 3. The lowest BCUT2D eigenvalue weighted by Gasteiger charge is -2.54. The highest BCUT2D eigenvalue weighted by Crippen LogP contribution is 2.53. The summed E-state index contributed by atoms with van der Waals surface area (Å²) in [4.78, 5) is 0. The van der Waals surface area contributed by atoms with E-state index in [1.807, 2.05) is 0 Å². The molecule has 3 heteroatoms. The summed E-state index contributed by atoms with van der Waals surface area (Å²) < 4.78 is 11.1. The van der Waals surface area contributed by atoms with Gasteiger partial charge < -0.3 is 14.8 Å². The van der Waals surface area contributed by atoms with Gasteiger partial charge in [-0.1, -0.05) is 6.07 Å². The Morgan fingerprint density at radius 2 is 1.61 bits per heavy atom. The molecule has 1 aromatic rings. The third-order valence-corrected chi connectivity index (χ3v) is 6.62. The van der Waals surface area contributed by atoms with E-state index in [-0.39, 0.29) is 0 Å². The second-order valence-corrected chi connectivity index (χ2v) is 7.92. The van der Waals surface area contributed by atoms with E-state index in [4.69, 9.17) is 9.47 Å². The van der Waals surface area contributed by atoms with Crippen LogP contribution in [0.2, 0.25) is 0 Å². The van der Waals surface area contributed by atoms with Crippen LogP contribution in [0.25, 0.3) is 0 Å². The summed E-state index contributed by atoms with van der Waals surface area (Å²) in [5.74, 6) is 5.77. The van der Waals surface area contributed by atoms with Gasteiger partial charge in [0.05, 0.1) is 14.2 Å². The van der Waals surface area contributed by atoms with Gasteiger partial charge in [-0.25, -0.2) is 0 Å². The van der Waals surface area contributed by atoms with Gasteiger partial charge >= 0.3 is 0 Å². The molecule has 0 aromatic heterocycles. The molecule has 1 N–H and O–H groups in total. The molecule has 126 valence electrons. The monoisotopic (exact) mass is 315 g/mol. The van der Waals surface area contributed by atoms with Crippen molar-refractivity contribution in [3.05, 3.63) is 23.3 Å². The Morgan fingerprint density at radius 3 is 2.17 bits per heavy atom. The summed E-state index contributed by atoms with van der Waals surface area (Å²) in [6.07, 6.45) is 7.37. The smallest absolute Gasteiger partial charge is 0.129 e. The largest absolute Gasteiger partial charge is 0.496 e. The van der Waals surface area contributed by atoms with Crippen molar-refractivity contribution >= 4 is 0 Å². The molecule has 4 bridgehead atoms. The van der Waals surface area contributed by atoms with Gasteiger partial charge in [0.15, 0.2) is 0 Å². The number of ether oxygens (including phenoxy) is 2. The highest BCUT2D eigenvalue weighted by Gasteiger charge is 2.47. The Morgan fingerprint density at radius 1 is 0.957 bits per heavy atom. The zero-order valence-corrected chi connectivity index (χ0v) is 14.6. The topological polar surface area (TPSA) is 30.5 Å². The van der Waals surface area contributed by atoms with Crippen molar-refractivity contribution in [1.82, 2.24) is 5.32 Å². The first-order valence-corrected chi connectivity index (χ1v) is 9.13. The Hall–Kier alpha value is -1.22. The molecule has 1 aromatic carbocycles. The van der Waals surface area contributed by atoms with E-state index in [1.165, 1.54) is 37.7 Å². The molecule has 0 heterocycles. The van der Waals surface area contributed by atoms with Crippen molar-refractivity contribution < 1.29 is 9.47 Å². The van der Waals surface area contributed by atoms with Crippen LogP contribution < -0.4 is 14.8 Å². The number of benzene rings is 1. The van der Waals surface area contributed by atoms with Crippen molar-refractivity contribution in [3.63, 3.8) is 0 Å². The molecule has 0 unspecified atom stereocenters. The zero-order valence-electron chi connectivity index (χ0n) is 14.6. The van der Waals surface area contributed by atoms with E-state index in [1.54, 1.807) is 14.2 Å². The lowest BCUT2D eigenvalue weighted by molar-refractivity contribution is -0.0143. The van der Waals surface area contributed by atoms with Gasteiger partial charge in [0.2, 0.25) is 0 Å². The minimum Gasteiger partial charge on any atom is -0.496 e. The van der Waals surface area contributed by atoms with Crippen LogP contribution in [0, 0.1) is 30.6 Å². The molecule has 4 fully saturated rings. The first-order chi connectivity index (χ1) is 11.2. The molecule has 0 amide bonds. The van der Waals surface area contributed by atoms with Crippen LogP contribution in [0.4, 0.5) is 0 Å². The van der Waals surface area contributed by atoms with E-state index < -0.39 is 0 Å². The summed E-state index contributed by atoms with van der Waals surface area (Å²) >= 11 is 0. The zero-order chi connectivity index (χ0) is 16.0. The van der Waals surface area contributed by atoms with E-state index in [0.29, 0.717) is 0 Å². The maximum Gasteiger partial charge on any atom is 0.129 e. The molecular weight excluding hydrogens is 286 g/mol. The van der Waals surface area contributed by atoms with E-state index in [2.05, 4.69) is 24.4 Å². The summed E-state index contributed by atoms with van der Waals surface area (Å²) in [6.45, 7) is 2.98. The highest BCUT2D eigenvalue weighted by molar-refractivity contribution is 5.49. The second kappa shape index (κ2) is 6.01. The van der Waals surface area contributed by atoms with Gasteiger partial charge in [0.1, 0.15) is 11.5 Å².